The van der Waals surface area contributed by atoms with Crippen molar-refractivity contribution in [2.75, 3.05) is 5.32 Å². The van der Waals surface area contributed by atoms with E-state index in [-0.39, 0.29) is 21.8 Å². The minimum atomic E-state index is -1.21. The summed E-state index contributed by atoms with van der Waals surface area (Å²) in [6.07, 6.45) is 1.79. The largest absolute Gasteiger partial charge is 0.478 e. The number of anilines is 1. The van der Waals surface area contributed by atoms with E-state index in [1.165, 1.54) is 49.6 Å². The van der Waals surface area contributed by atoms with Crippen LogP contribution in [0.4, 0.5) is 5.69 Å². The quantitative estimate of drug-likeness (QED) is 0.804. The number of aromatic nitrogens is 1. The van der Waals surface area contributed by atoms with Crippen molar-refractivity contribution < 1.29 is 24.2 Å². The predicted molar refractivity (Wildman–Crippen MR) is 86.2 cm³/mol. The molecule has 0 spiro atoms. The molecule has 1 heterocycles. The third-order valence-electron chi connectivity index (χ3n) is 3.03. The number of carboxylic acid groups (broad SMARTS) is 1. The second-order valence-electron chi connectivity index (χ2n) is 4.77. The lowest BCUT2D eigenvalue weighted by atomic mass is 10.2. The maximum absolute atomic E-state index is 12.1. The molecule has 0 aliphatic rings. The van der Waals surface area contributed by atoms with Crippen LogP contribution in [0.5, 0.6) is 0 Å². The Morgan fingerprint density at radius 3 is 2.50 bits per heavy atom. The summed E-state index contributed by atoms with van der Waals surface area (Å²) in [5.74, 6) is -2.48. The lowest BCUT2D eigenvalue weighted by Gasteiger charge is -2.14. The van der Waals surface area contributed by atoms with Gasteiger partial charge < -0.3 is 15.2 Å². The first-order chi connectivity index (χ1) is 11.4. The second kappa shape index (κ2) is 7.56. The van der Waals surface area contributed by atoms with Crippen LogP contribution in [0.15, 0.2) is 42.7 Å². The van der Waals surface area contributed by atoms with E-state index in [0.29, 0.717) is 0 Å². The van der Waals surface area contributed by atoms with Gasteiger partial charge in [-0.15, -0.1) is 0 Å². The number of rotatable bonds is 5. The molecular formula is C16H13ClN2O5. The highest BCUT2D eigenvalue weighted by Gasteiger charge is 2.19. The van der Waals surface area contributed by atoms with E-state index in [2.05, 4.69) is 10.3 Å². The highest BCUT2D eigenvalue weighted by molar-refractivity contribution is 6.33. The molecule has 2 rings (SSSR count). The first-order valence-electron chi connectivity index (χ1n) is 6.83. The van der Waals surface area contributed by atoms with E-state index < -0.39 is 23.9 Å². The van der Waals surface area contributed by atoms with Gasteiger partial charge in [0, 0.05) is 18.1 Å². The van der Waals surface area contributed by atoms with Gasteiger partial charge in [-0.1, -0.05) is 11.6 Å². The molecule has 0 aliphatic carbocycles. The van der Waals surface area contributed by atoms with Crippen LogP contribution in [0.3, 0.4) is 0 Å². The van der Waals surface area contributed by atoms with Crippen LogP contribution in [-0.2, 0) is 9.53 Å². The number of ether oxygens (including phenoxy) is 1. The fraction of sp³-hybridized carbons (Fsp3) is 0.125. The average molecular weight is 349 g/mol. The van der Waals surface area contributed by atoms with Crippen molar-refractivity contribution in [1.82, 2.24) is 4.98 Å². The van der Waals surface area contributed by atoms with Gasteiger partial charge in [0.1, 0.15) is 0 Å². The summed E-state index contributed by atoms with van der Waals surface area (Å²) in [4.78, 5) is 38.7. The SMILES string of the molecule is CC(OC(=O)c1ccncc1)C(=O)Nc1ccc(Cl)c(C(=O)O)c1. The number of hydrogen-bond donors (Lipinski definition) is 2. The van der Waals surface area contributed by atoms with E-state index in [1.807, 2.05) is 0 Å². The number of carboxylic acids is 1. The molecule has 24 heavy (non-hydrogen) atoms. The normalized spacial score (nSPS) is 11.4. The highest BCUT2D eigenvalue weighted by Crippen LogP contribution is 2.21. The highest BCUT2D eigenvalue weighted by atomic mass is 35.5. The minimum absolute atomic E-state index is 0.0534. The Morgan fingerprint density at radius 1 is 1.21 bits per heavy atom. The lowest BCUT2D eigenvalue weighted by molar-refractivity contribution is -0.123. The van der Waals surface area contributed by atoms with Gasteiger partial charge in [0.05, 0.1) is 16.1 Å². The van der Waals surface area contributed by atoms with Crippen LogP contribution < -0.4 is 5.32 Å². The van der Waals surface area contributed by atoms with Crippen molar-refractivity contribution in [2.45, 2.75) is 13.0 Å². The maximum atomic E-state index is 12.1. The van der Waals surface area contributed by atoms with Crippen LogP contribution in [0.25, 0.3) is 0 Å². The van der Waals surface area contributed by atoms with Gasteiger partial charge in [-0.3, -0.25) is 9.78 Å². The van der Waals surface area contributed by atoms with Crippen molar-refractivity contribution >= 4 is 35.1 Å². The summed E-state index contributed by atoms with van der Waals surface area (Å²) in [7, 11) is 0. The summed E-state index contributed by atoms with van der Waals surface area (Å²) in [6.45, 7) is 1.41. The van der Waals surface area contributed by atoms with Gasteiger partial charge >= 0.3 is 11.9 Å². The summed E-state index contributed by atoms with van der Waals surface area (Å²) in [5, 5.41) is 11.5. The topological polar surface area (TPSA) is 106 Å². The first kappa shape index (κ1) is 17.4. The number of nitrogens with zero attached hydrogens (tertiary/aromatic N) is 1. The molecule has 0 saturated carbocycles. The molecule has 0 fully saturated rings. The van der Waals surface area contributed by atoms with Gasteiger partial charge in [0.2, 0.25) is 0 Å². The Morgan fingerprint density at radius 2 is 1.88 bits per heavy atom. The van der Waals surface area contributed by atoms with Crippen molar-refractivity contribution in [3.63, 3.8) is 0 Å². The minimum Gasteiger partial charge on any atom is -0.478 e. The van der Waals surface area contributed by atoms with Crippen LogP contribution in [-0.4, -0.2) is 34.0 Å². The van der Waals surface area contributed by atoms with Crippen LogP contribution in [0.2, 0.25) is 5.02 Å². The van der Waals surface area contributed by atoms with Crippen molar-refractivity contribution in [1.29, 1.82) is 0 Å². The number of nitrogens with one attached hydrogen (secondary N) is 1. The van der Waals surface area contributed by atoms with Crippen molar-refractivity contribution in [2.24, 2.45) is 0 Å². The van der Waals surface area contributed by atoms with Gasteiger partial charge in [-0.05, 0) is 37.3 Å². The molecule has 0 saturated heterocycles. The molecule has 1 aromatic heterocycles. The number of aromatic carboxylic acids is 1. The Kier molecular flexibility index (Phi) is 5.49. The van der Waals surface area contributed by atoms with E-state index in [4.69, 9.17) is 21.4 Å². The Bertz CT molecular complexity index is 779. The molecule has 0 radical (unpaired) electrons. The van der Waals surface area contributed by atoms with Gasteiger partial charge in [-0.25, -0.2) is 9.59 Å². The number of carbonyl (C=O) groups is 3. The first-order valence-corrected chi connectivity index (χ1v) is 7.21. The molecule has 0 bridgehead atoms. The maximum Gasteiger partial charge on any atom is 0.339 e. The molecule has 1 amide bonds. The molecule has 1 unspecified atom stereocenters. The lowest BCUT2D eigenvalue weighted by Crippen LogP contribution is -2.30. The molecule has 0 aliphatic heterocycles. The molecule has 2 N–H and O–H groups in total. The Balaban J connectivity index is 2.03. The fourth-order valence-corrected chi connectivity index (χ4v) is 1.98. The van der Waals surface area contributed by atoms with E-state index >= 15 is 0 Å². The zero-order chi connectivity index (χ0) is 17.7. The van der Waals surface area contributed by atoms with E-state index in [1.54, 1.807) is 0 Å². The molecule has 2 aromatic rings. The number of esters is 1. The summed E-state index contributed by atoms with van der Waals surface area (Å²) in [6, 6.07) is 6.95. The van der Waals surface area contributed by atoms with Crippen LogP contribution in [0, 0.1) is 0 Å². The average Bonchev–Trinajstić information content (AvgIpc) is 2.57. The second-order valence-corrected chi connectivity index (χ2v) is 5.18. The fourth-order valence-electron chi connectivity index (χ4n) is 1.78. The third-order valence-corrected chi connectivity index (χ3v) is 3.36. The number of hydrogen-bond acceptors (Lipinski definition) is 5. The van der Waals surface area contributed by atoms with Crippen molar-refractivity contribution in [3.8, 4) is 0 Å². The van der Waals surface area contributed by atoms with Gasteiger partial charge in [0.25, 0.3) is 5.91 Å². The zero-order valence-electron chi connectivity index (χ0n) is 12.5. The van der Waals surface area contributed by atoms with Gasteiger partial charge in [-0.2, -0.15) is 0 Å². The monoisotopic (exact) mass is 348 g/mol. The third kappa shape index (κ3) is 4.30. The molecule has 124 valence electrons. The Labute approximate surface area is 142 Å². The standard InChI is InChI=1S/C16H13ClN2O5/c1-9(24-16(23)10-4-6-18-7-5-10)14(20)19-11-2-3-13(17)12(8-11)15(21)22/h2-9H,1H3,(H,19,20)(H,21,22). The molecular weight excluding hydrogens is 336 g/mol. The zero-order valence-corrected chi connectivity index (χ0v) is 13.3. The van der Waals surface area contributed by atoms with Crippen LogP contribution >= 0.6 is 11.6 Å². The molecule has 8 heteroatoms. The van der Waals surface area contributed by atoms with Crippen molar-refractivity contribution in [3.05, 3.63) is 58.9 Å². The molecule has 7 nitrogen and oxygen atoms in total. The summed E-state index contributed by atoms with van der Waals surface area (Å²) < 4.78 is 5.05. The number of pyridine rings is 1. The van der Waals surface area contributed by atoms with E-state index in [9.17, 15) is 14.4 Å². The summed E-state index contributed by atoms with van der Waals surface area (Å²) in [5.41, 5.74) is 0.355. The summed E-state index contributed by atoms with van der Waals surface area (Å²) >= 11 is 5.76. The van der Waals surface area contributed by atoms with Crippen LogP contribution in [0.1, 0.15) is 27.6 Å². The number of halogens is 1. The Hall–Kier alpha value is -2.93. The predicted octanol–water partition coefficient (Wildman–Crippen LogP) is 2.62. The molecule has 1 atom stereocenters. The smallest absolute Gasteiger partial charge is 0.339 e. The van der Waals surface area contributed by atoms with Gasteiger partial charge in [0.15, 0.2) is 6.10 Å². The van der Waals surface area contributed by atoms with E-state index in [0.717, 1.165) is 0 Å². The molecule has 1 aromatic carbocycles. The number of amides is 1. The number of benzene rings is 1. The number of carbonyl (C=O) groups excluding carboxylic acids is 2.